The average molecular weight is 511 g/mol. The lowest BCUT2D eigenvalue weighted by Crippen LogP contribution is -2.27. The van der Waals surface area contributed by atoms with Crippen LogP contribution in [0.25, 0.3) is 16.8 Å². The monoisotopic (exact) mass is 510 g/mol. The van der Waals surface area contributed by atoms with Crippen LogP contribution in [0.4, 0.5) is 0 Å². The van der Waals surface area contributed by atoms with Crippen molar-refractivity contribution in [1.29, 1.82) is 5.26 Å². The van der Waals surface area contributed by atoms with Crippen molar-refractivity contribution < 1.29 is 9.53 Å². The number of amides is 1. The van der Waals surface area contributed by atoms with Gasteiger partial charge in [-0.15, -0.1) is 0 Å². The number of halogens is 1. The maximum absolute atomic E-state index is 12.8. The van der Waals surface area contributed by atoms with Crippen LogP contribution in [0.1, 0.15) is 29.7 Å². The van der Waals surface area contributed by atoms with Crippen LogP contribution in [0.15, 0.2) is 101 Å². The smallest absolute Gasteiger partial charge is 0.262 e. The number of hydrogen-bond acceptors (Lipinski definition) is 3. The van der Waals surface area contributed by atoms with Crippen molar-refractivity contribution in [3.63, 3.8) is 0 Å². The van der Waals surface area contributed by atoms with Gasteiger partial charge in [0.05, 0.1) is 6.04 Å². The number of fused-ring (bicyclic) bond motifs is 1. The Hall–Kier alpha value is -3.88. The first kappa shape index (κ1) is 23.3. The molecule has 0 aliphatic carbocycles. The summed E-state index contributed by atoms with van der Waals surface area (Å²) in [5.41, 5.74) is 2.69. The van der Waals surface area contributed by atoms with Gasteiger partial charge in [0, 0.05) is 10.0 Å². The van der Waals surface area contributed by atoms with Crippen LogP contribution in [-0.2, 0) is 11.4 Å². The van der Waals surface area contributed by atoms with Gasteiger partial charge in [0.25, 0.3) is 5.91 Å². The molecule has 0 unspecified atom stereocenters. The average Bonchev–Trinajstić information content (AvgIpc) is 2.87. The minimum Gasteiger partial charge on any atom is -0.488 e. The molecule has 0 spiro atoms. The van der Waals surface area contributed by atoms with Gasteiger partial charge < -0.3 is 10.1 Å². The zero-order valence-electron chi connectivity index (χ0n) is 18.7. The molecular weight excluding hydrogens is 488 g/mol. The number of hydrogen-bond donors (Lipinski definition) is 1. The molecule has 0 aliphatic heterocycles. The minimum absolute atomic E-state index is 0.0101. The summed E-state index contributed by atoms with van der Waals surface area (Å²) < 4.78 is 6.98. The predicted molar refractivity (Wildman–Crippen MR) is 139 cm³/mol. The fourth-order valence-corrected chi connectivity index (χ4v) is 4.12. The molecule has 0 saturated heterocycles. The molecule has 0 aliphatic rings. The van der Waals surface area contributed by atoms with Crippen LogP contribution >= 0.6 is 15.9 Å². The van der Waals surface area contributed by atoms with Gasteiger partial charge in [-0.25, -0.2) is 0 Å². The number of carbonyl (C=O) groups is 1. The van der Waals surface area contributed by atoms with Gasteiger partial charge in [-0.3, -0.25) is 4.79 Å². The molecule has 4 nitrogen and oxygen atoms in total. The van der Waals surface area contributed by atoms with E-state index < -0.39 is 5.91 Å². The number of carbonyl (C=O) groups excluding carboxylic acids is 1. The quantitative estimate of drug-likeness (QED) is 0.215. The Morgan fingerprint density at radius 3 is 2.56 bits per heavy atom. The molecule has 0 aromatic heterocycles. The van der Waals surface area contributed by atoms with E-state index >= 15 is 0 Å². The summed E-state index contributed by atoms with van der Waals surface area (Å²) in [7, 11) is 0. The molecule has 5 heteroatoms. The Morgan fingerprint density at radius 2 is 1.76 bits per heavy atom. The summed E-state index contributed by atoms with van der Waals surface area (Å²) >= 11 is 3.48. The Labute approximate surface area is 207 Å². The topological polar surface area (TPSA) is 62.1 Å². The minimum atomic E-state index is -0.432. The van der Waals surface area contributed by atoms with Gasteiger partial charge in [0.15, 0.2) is 0 Å². The highest BCUT2D eigenvalue weighted by molar-refractivity contribution is 9.10. The second kappa shape index (κ2) is 10.8. The molecule has 34 heavy (non-hydrogen) atoms. The second-order valence-corrected chi connectivity index (χ2v) is 8.80. The molecule has 1 amide bonds. The molecule has 0 fully saturated rings. The molecule has 168 valence electrons. The van der Waals surface area contributed by atoms with E-state index in [9.17, 15) is 10.1 Å². The SMILES string of the molecule is C[C@@H](NC(=O)/C(C#N)=C\c1cc(Br)ccc1OCc1cccc2ccccc12)c1ccccc1. The third-order valence-corrected chi connectivity index (χ3v) is 6.04. The zero-order chi connectivity index (χ0) is 23.9. The molecule has 0 saturated carbocycles. The van der Waals surface area contributed by atoms with Crippen molar-refractivity contribution in [3.05, 3.63) is 118 Å². The molecule has 4 aromatic carbocycles. The summed E-state index contributed by atoms with van der Waals surface area (Å²) in [4.78, 5) is 12.8. The van der Waals surface area contributed by atoms with E-state index in [0.717, 1.165) is 26.4 Å². The van der Waals surface area contributed by atoms with Gasteiger partial charge >= 0.3 is 0 Å². The van der Waals surface area contributed by atoms with Gasteiger partial charge in [-0.1, -0.05) is 88.7 Å². The first-order valence-corrected chi connectivity index (χ1v) is 11.7. The van der Waals surface area contributed by atoms with Crippen molar-refractivity contribution in [3.8, 4) is 11.8 Å². The molecule has 4 rings (SSSR count). The van der Waals surface area contributed by atoms with Gasteiger partial charge in [-0.05, 0) is 53.1 Å². The Morgan fingerprint density at radius 1 is 1.03 bits per heavy atom. The Bertz CT molecular complexity index is 1390. The molecule has 1 atom stereocenters. The fraction of sp³-hybridized carbons (Fsp3) is 0.103. The third-order valence-electron chi connectivity index (χ3n) is 5.55. The highest BCUT2D eigenvalue weighted by atomic mass is 79.9. The normalized spacial score (nSPS) is 12.1. The van der Waals surface area contributed by atoms with Crippen molar-refractivity contribution in [2.24, 2.45) is 0 Å². The second-order valence-electron chi connectivity index (χ2n) is 7.88. The van der Waals surface area contributed by atoms with Gasteiger partial charge in [-0.2, -0.15) is 5.26 Å². The Balaban J connectivity index is 1.56. The summed E-state index contributed by atoms with van der Waals surface area (Å²) in [6, 6.07) is 31.3. The highest BCUT2D eigenvalue weighted by Crippen LogP contribution is 2.28. The van der Waals surface area contributed by atoms with Crippen molar-refractivity contribution in [1.82, 2.24) is 5.32 Å². The number of rotatable bonds is 7. The summed E-state index contributed by atoms with van der Waals surface area (Å²) in [6.45, 7) is 2.25. The molecule has 0 heterocycles. The Kier molecular flexibility index (Phi) is 7.41. The standard InChI is InChI=1S/C29H23BrN2O2/c1-20(21-8-3-2-4-9-21)32-29(33)25(18-31)16-24-17-26(30)14-15-28(24)34-19-23-12-7-11-22-10-5-6-13-27(22)23/h2-17,20H,19H2,1H3,(H,32,33)/b25-16-/t20-/m1/s1. The number of benzene rings is 4. The number of nitrogens with one attached hydrogen (secondary N) is 1. The summed E-state index contributed by atoms with van der Waals surface area (Å²) in [5.74, 6) is 0.159. The van der Waals surface area contributed by atoms with Crippen LogP contribution in [0, 0.1) is 11.3 Å². The van der Waals surface area contributed by atoms with E-state index in [1.165, 1.54) is 0 Å². The fourth-order valence-electron chi connectivity index (χ4n) is 3.74. The predicted octanol–water partition coefficient (Wildman–Crippen LogP) is 6.97. The van der Waals surface area contributed by atoms with Gasteiger partial charge in [0.1, 0.15) is 24.0 Å². The molecule has 4 aromatic rings. The molecule has 0 radical (unpaired) electrons. The lowest BCUT2D eigenvalue weighted by atomic mass is 10.1. The lowest BCUT2D eigenvalue weighted by molar-refractivity contribution is -0.117. The van der Waals surface area contributed by atoms with Crippen molar-refractivity contribution in [2.75, 3.05) is 0 Å². The third kappa shape index (κ3) is 5.54. The van der Waals surface area contributed by atoms with Crippen LogP contribution < -0.4 is 10.1 Å². The first-order chi connectivity index (χ1) is 16.5. The highest BCUT2D eigenvalue weighted by Gasteiger charge is 2.15. The van der Waals surface area contributed by atoms with Crippen LogP contribution in [0.3, 0.4) is 0 Å². The van der Waals surface area contributed by atoms with Crippen molar-refractivity contribution in [2.45, 2.75) is 19.6 Å². The number of nitrogens with zero attached hydrogens (tertiary/aromatic N) is 1. The maximum Gasteiger partial charge on any atom is 0.262 e. The van der Waals surface area contributed by atoms with Crippen LogP contribution in [-0.4, -0.2) is 5.91 Å². The van der Waals surface area contributed by atoms with Crippen LogP contribution in [0.5, 0.6) is 5.75 Å². The number of nitriles is 1. The maximum atomic E-state index is 12.8. The summed E-state index contributed by atoms with van der Waals surface area (Å²) in [6.07, 6.45) is 1.57. The number of ether oxygens (including phenoxy) is 1. The van der Waals surface area contributed by atoms with E-state index in [-0.39, 0.29) is 11.6 Å². The van der Waals surface area contributed by atoms with E-state index in [1.54, 1.807) is 6.08 Å². The van der Waals surface area contributed by atoms with E-state index in [0.29, 0.717) is 17.9 Å². The largest absolute Gasteiger partial charge is 0.488 e. The molecule has 0 bridgehead atoms. The lowest BCUT2D eigenvalue weighted by Gasteiger charge is -2.14. The van der Waals surface area contributed by atoms with E-state index in [1.807, 2.05) is 85.8 Å². The van der Waals surface area contributed by atoms with Crippen LogP contribution in [0.2, 0.25) is 0 Å². The van der Waals surface area contributed by atoms with Crippen molar-refractivity contribution >= 4 is 38.7 Å². The molecular formula is C29H23BrN2O2. The zero-order valence-corrected chi connectivity index (χ0v) is 20.2. The summed E-state index contributed by atoms with van der Waals surface area (Å²) in [5, 5.41) is 14.9. The van der Waals surface area contributed by atoms with Gasteiger partial charge in [0.2, 0.25) is 0 Å². The van der Waals surface area contributed by atoms with E-state index in [2.05, 4.69) is 39.4 Å². The first-order valence-electron chi connectivity index (χ1n) is 10.9. The van der Waals surface area contributed by atoms with E-state index in [4.69, 9.17) is 4.74 Å². The molecule has 1 N–H and O–H groups in total.